The van der Waals surface area contributed by atoms with Gasteiger partial charge in [-0.25, -0.2) is 44.5 Å². The maximum absolute atomic E-state index is 10.6. The summed E-state index contributed by atoms with van der Waals surface area (Å²) >= 11 is 0. The molecule has 7 aromatic rings. The van der Waals surface area contributed by atoms with Crippen LogP contribution in [-0.2, 0) is 18.9 Å². The van der Waals surface area contributed by atoms with Crippen LogP contribution >= 0.6 is 0 Å². The van der Waals surface area contributed by atoms with E-state index in [9.17, 15) is 9.59 Å². The lowest BCUT2D eigenvalue weighted by atomic mass is 10.3. The molecular weight excluding hydrogens is 1320 g/mol. The summed E-state index contributed by atoms with van der Waals surface area (Å²) in [5.41, 5.74) is -0.215. The molecule has 2 aliphatic heterocycles. The van der Waals surface area contributed by atoms with Crippen LogP contribution in [0.2, 0.25) is 0 Å². The van der Waals surface area contributed by atoms with Crippen LogP contribution in [0.4, 0.5) is 0 Å². The van der Waals surface area contributed by atoms with Crippen LogP contribution in [0.3, 0.4) is 0 Å². The minimum absolute atomic E-state index is 0.160. The Bertz CT molecular complexity index is 2370. The third-order valence-electron chi connectivity index (χ3n) is 7.39. The quantitative estimate of drug-likeness (QED) is 0.150. The number of aromatic nitrogens is 16. The number of aryl methyl sites for hydroxylation is 2. The van der Waals surface area contributed by atoms with Gasteiger partial charge in [-0.2, -0.15) is 4.58 Å². The molecule has 0 bridgehead atoms. The number of azo groups is 2. The number of hydrogen-bond donors (Lipinski definition) is 0. The van der Waals surface area contributed by atoms with E-state index >= 15 is 0 Å². The van der Waals surface area contributed by atoms with E-state index in [1.807, 2.05) is 203 Å². The first kappa shape index (κ1) is 134. The first-order valence-corrected chi connectivity index (χ1v) is 39.3. The van der Waals surface area contributed by atoms with Crippen LogP contribution < -0.4 is 5.69 Å². The summed E-state index contributed by atoms with van der Waals surface area (Å²) in [7, 11) is 7.28. The highest BCUT2D eigenvalue weighted by molar-refractivity contribution is 5.81. The van der Waals surface area contributed by atoms with Gasteiger partial charge < -0.3 is 18.3 Å². The summed E-state index contributed by atoms with van der Waals surface area (Å²) in [5.74, 6) is 5.16. The molecule has 0 saturated heterocycles. The Morgan fingerprint density at radius 1 is 0.387 bits per heavy atom. The molecule has 0 radical (unpaired) electrons. The third-order valence-corrected chi connectivity index (χ3v) is 7.39. The summed E-state index contributed by atoms with van der Waals surface area (Å²) in [5, 5.41) is 18.6. The molecule has 0 atom stereocenters. The van der Waals surface area contributed by atoms with Gasteiger partial charge in [-0.15, -0.1) is 20.0 Å². The second-order valence-electron chi connectivity index (χ2n) is 24.0. The van der Waals surface area contributed by atoms with Gasteiger partial charge in [0.25, 0.3) is 6.67 Å². The summed E-state index contributed by atoms with van der Waals surface area (Å²) in [6.45, 7) is 88.2. The number of allylic oxidation sites excluding steroid dienone is 1. The molecule has 0 aromatic carbocycles. The largest absolute Gasteiger partial charge is 0.390 e. The molecule has 0 unspecified atom stereocenters. The maximum Gasteiger partial charge on any atom is 0.390 e. The van der Waals surface area contributed by atoms with E-state index in [0.29, 0.717) is 31.2 Å². The number of amides is 1. The Kier molecular flexibility index (Phi) is 153. The molecule has 0 saturated carbocycles. The van der Waals surface area contributed by atoms with Gasteiger partial charge in [-0.1, -0.05) is 271 Å². The van der Waals surface area contributed by atoms with Gasteiger partial charge in [-0.05, 0) is 107 Å². The highest BCUT2D eigenvalue weighted by Crippen LogP contribution is 2.00. The van der Waals surface area contributed by atoms with E-state index < -0.39 is 0 Å². The molecule has 22 heteroatoms. The van der Waals surface area contributed by atoms with Gasteiger partial charge in [0.05, 0.1) is 18.9 Å². The average Bonchev–Trinajstić information content (AvgIpc) is 1.86. The fourth-order valence-electron chi connectivity index (χ4n) is 3.76. The van der Waals surface area contributed by atoms with E-state index in [-0.39, 0.29) is 11.6 Å². The first-order valence-electron chi connectivity index (χ1n) is 39.3. The number of hydrogen-bond acceptors (Lipinski definition) is 15. The van der Waals surface area contributed by atoms with Crippen molar-refractivity contribution >= 4 is 18.5 Å². The van der Waals surface area contributed by atoms with E-state index in [1.54, 1.807) is 96.4 Å². The lowest BCUT2D eigenvalue weighted by molar-refractivity contribution is -0.434. The van der Waals surface area contributed by atoms with Crippen molar-refractivity contribution in [3.05, 3.63) is 153 Å². The number of rotatable bonds is 3. The van der Waals surface area contributed by atoms with Gasteiger partial charge >= 0.3 is 17.9 Å². The summed E-state index contributed by atoms with van der Waals surface area (Å²) in [6, 6.07) is 8.93. The van der Waals surface area contributed by atoms with Crippen LogP contribution in [-0.4, -0.2) is 127 Å². The summed E-state index contributed by atoms with van der Waals surface area (Å²) < 4.78 is 12.5. The molecule has 622 valence electrons. The number of aliphatic imine (C=N–C) groups is 1. The molecule has 9 heterocycles. The Balaban J connectivity index is -0.0000000638. The van der Waals surface area contributed by atoms with Crippen LogP contribution in [0.5, 0.6) is 0 Å². The van der Waals surface area contributed by atoms with Crippen LogP contribution in [0.15, 0.2) is 158 Å². The fraction of sp³-hybridized carbons (Fsp3) is 0.679. The van der Waals surface area contributed by atoms with E-state index in [0.717, 1.165) is 35.5 Å². The topological polar surface area (TPSA) is 231 Å². The number of nitrogens with zero attached hydrogens (tertiary/aromatic N) is 20. The molecule has 7 aromatic heterocycles. The van der Waals surface area contributed by atoms with Gasteiger partial charge in [0.15, 0.2) is 6.21 Å². The lowest BCUT2D eigenvalue weighted by Gasteiger charge is -2.02. The molecule has 0 fully saturated rings. The van der Waals surface area contributed by atoms with Crippen molar-refractivity contribution < 1.29 is 14.1 Å². The zero-order chi connectivity index (χ0) is 86.7. The van der Waals surface area contributed by atoms with E-state index in [2.05, 4.69) is 236 Å². The highest BCUT2D eigenvalue weighted by Gasteiger charge is 2.10. The first-order chi connectivity index (χ1) is 50.2. The highest BCUT2D eigenvalue weighted by atomic mass is 16.2. The lowest BCUT2D eigenvalue weighted by Crippen LogP contribution is -2.18. The Morgan fingerprint density at radius 3 is 0.915 bits per heavy atom. The van der Waals surface area contributed by atoms with Crippen molar-refractivity contribution in [3.8, 4) is 0 Å². The number of imidazole rings is 1. The van der Waals surface area contributed by atoms with Gasteiger partial charge in [0.2, 0.25) is 0 Å². The van der Waals surface area contributed by atoms with Crippen molar-refractivity contribution in [1.82, 2.24) is 78.3 Å². The molecule has 0 N–H and O–H groups in total. The summed E-state index contributed by atoms with van der Waals surface area (Å²) in [6.07, 6.45) is 36.6. The van der Waals surface area contributed by atoms with Gasteiger partial charge in [-0.3, -0.25) is 4.68 Å². The predicted molar refractivity (Wildman–Crippen MR) is 468 cm³/mol. The van der Waals surface area contributed by atoms with E-state index in [4.69, 9.17) is 0 Å². The SMILES string of the molecule is CC.CC.CC.CC.CC.CC.CC.CC.CC.CC(C)C.CC(C)C.CC(C)C.CC(C)C.CC(C)C.CC(C)C.CC(C)n1ccnc1.CC(C)n1ccnn1.CC(C)n1cnnc1.C[N+]1=CC=CCC1=O.C[N+]1=NCN=C1.Cn1cccc1.Cn1cccnc1=O.c1cncnc1.c1ncncn1. The smallest absolute Gasteiger partial charge is 0.357 e. The summed E-state index contributed by atoms with van der Waals surface area (Å²) in [4.78, 5) is 50.3. The van der Waals surface area contributed by atoms with Crippen molar-refractivity contribution in [2.24, 2.45) is 59.7 Å². The Hall–Kier alpha value is -7.91. The van der Waals surface area contributed by atoms with Crippen molar-refractivity contribution in [3.63, 3.8) is 0 Å². The number of carbonyl (C=O) groups is 1. The molecule has 0 aliphatic carbocycles. The second-order valence-corrected chi connectivity index (χ2v) is 24.0. The maximum atomic E-state index is 10.6. The third kappa shape index (κ3) is 163. The predicted octanol–water partition coefficient (Wildman–Crippen LogP) is 23.8. The van der Waals surface area contributed by atoms with Crippen LogP contribution in [0.25, 0.3) is 0 Å². The van der Waals surface area contributed by atoms with Crippen LogP contribution in [0, 0.1) is 35.5 Å². The molecule has 0 spiro atoms. The number of carbonyl (C=O) groups excluding carboxylic acids is 1. The minimum atomic E-state index is -0.215. The molecule has 1 amide bonds. The molecule has 2 aliphatic rings. The molecule has 22 nitrogen and oxygen atoms in total. The Labute approximate surface area is 656 Å². The minimum Gasteiger partial charge on any atom is -0.357 e. The van der Waals surface area contributed by atoms with Gasteiger partial charge in [0.1, 0.15) is 52.1 Å². The van der Waals surface area contributed by atoms with Crippen LogP contribution in [0.1, 0.15) is 315 Å². The normalized spacial score (nSPS) is 9.44. The second kappa shape index (κ2) is 121. The van der Waals surface area contributed by atoms with Crippen molar-refractivity contribution in [1.29, 1.82) is 0 Å². The molecule has 9 rings (SSSR count). The zero-order valence-corrected chi connectivity index (χ0v) is 77.8. The average molecular weight is 1500 g/mol. The fourth-order valence-corrected chi connectivity index (χ4v) is 3.76. The van der Waals surface area contributed by atoms with Crippen molar-refractivity contribution in [2.45, 2.75) is 315 Å². The standard InChI is InChI=1S/C6H10N2.C6H8NO.2C5H9N3.C5H6N2O.C5H7N.C4H4N2.6C4H10.C3H6N3.C3H3N3.9C2H6/c1-6(2)8-4-3-7-5-8;1-7-5-3-2-4-6(7)8;1-5(2)8-3-6-7-4-8;1-5(2)8-4-3-6-7-8;1-7-4-2-3-6-5(7)8;1-6-4-2-3-5-6;1-2-5-4-6-3-1;6*1-4(2)3;1-6-3-4-2-5-6;1-4-2-6-3-5-1;9*1-2/h3-6H,1-2H3;2-3,5H,4H2,1H3;2*3-5H,1-2H3;2-4H,1H3;2-5H,1H3;1-4H;6*4H,1-3H3;3H,2H2,1H3;1-3H;9*1-2H3/q;+1;;;;;;;;;;;;+1;;;;;;;;;;. The zero-order valence-electron chi connectivity index (χ0n) is 77.8. The monoisotopic (exact) mass is 1500 g/mol. The van der Waals surface area contributed by atoms with Gasteiger partial charge in [0, 0.05) is 88.0 Å². The van der Waals surface area contributed by atoms with E-state index in [1.165, 1.54) is 36.1 Å². The Morgan fingerprint density at radius 2 is 0.764 bits per heavy atom. The van der Waals surface area contributed by atoms with Crippen molar-refractivity contribution in [2.75, 3.05) is 20.8 Å². The molecule has 106 heavy (non-hydrogen) atoms. The molecular formula is C84H176N20O2+2.